The molecule has 0 aromatic heterocycles. The second kappa shape index (κ2) is 6.10. The Kier molecular flexibility index (Phi) is 4.78. The van der Waals surface area contributed by atoms with E-state index >= 15 is 0 Å². The number of rotatable bonds is 5. The predicted molar refractivity (Wildman–Crippen MR) is 67.1 cm³/mol. The van der Waals surface area contributed by atoms with Gasteiger partial charge in [0.25, 0.3) is 0 Å². The van der Waals surface area contributed by atoms with E-state index in [2.05, 4.69) is 33.8 Å². The third kappa shape index (κ3) is 3.10. The lowest BCUT2D eigenvalue weighted by Crippen LogP contribution is -2.02. The molecule has 0 spiro atoms. The lowest BCUT2D eigenvalue weighted by molar-refractivity contribution is 0.0600. The number of carbonyl (C=O) groups excluding carboxylic acids is 1. The Morgan fingerprint density at radius 1 is 1.24 bits per heavy atom. The fourth-order valence-corrected chi connectivity index (χ4v) is 1.57. The van der Waals surface area contributed by atoms with Gasteiger partial charge in [-0.2, -0.15) is 0 Å². The quantitative estimate of drug-likeness (QED) is 0.618. The topological polar surface area (TPSA) is 44.8 Å². The van der Waals surface area contributed by atoms with Crippen molar-refractivity contribution in [3.8, 4) is 11.5 Å². The zero-order valence-electron chi connectivity index (χ0n) is 9.23. The molecule has 0 saturated heterocycles. The lowest BCUT2D eigenvalue weighted by Gasteiger charge is -2.10. The first kappa shape index (κ1) is 13.3. The van der Waals surface area contributed by atoms with Crippen molar-refractivity contribution in [2.45, 2.75) is 0 Å². The molecule has 90 valence electrons. The monoisotopic (exact) mass is 298 g/mol. The number of benzene rings is 1. The number of esters is 1. The van der Waals surface area contributed by atoms with Crippen molar-refractivity contribution in [3.63, 3.8) is 0 Å². The molecule has 17 heavy (non-hydrogen) atoms. The first-order valence-corrected chi connectivity index (χ1v) is 5.40. The highest BCUT2D eigenvalue weighted by Gasteiger charge is 2.15. The summed E-state index contributed by atoms with van der Waals surface area (Å²) in [5, 5.41) is 0. The van der Waals surface area contributed by atoms with E-state index in [9.17, 15) is 4.79 Å². The van der Waals surface area contributed by atoms with Crippen LogP contribution in [-0.2, 0) is 4.74 Å². The number of halogens is 1. The van der Waals surface area contributed by atoms with E-state index < -0.39 is 5.97 Å². The van der Waals surface area contributed by atoms with Gasteiger partial charge in [0.2, 0.25) is 0 Å². The maximum Gasteiger partial charge on any atom is 0.338 e. The molecule has 0 heterocycles. The van der Waals surface area contributed by atoms with Crippen LogP contribution < -0.4 is 9.47 Å². The maximum atomic E-state index is 11.4. The summed E-state index contributed by atoms with van der Waals surface area (Å²) < 4.78 is 15.5. The minimum absolute atomic E-state index is 0.310. The van der Waals surface area contributed by atoms with Crippen LogP contribution in [0.4, 0.5) is 0 Å². The highest BCUT2D eigenvalue weighted by molar-refractivity contribution is 9.10. The molecule has 0 aliphatic rings. The third-order valence-corrected chi connectivity index (χ3v) is 2.63. The molecular weight excluding hydrogens is 288 g/mol. The molecule has 0 aliphatic heterocycles. The Morgan fingerprint density at radius 2 is 1.71 bits per heavy atom. The van der Waals surface area contributed by atoms with Gasteiger partial charge in [-0.3, -0.25) is 0 Å². The van der Waals surface area contributed by atoms with Gasteiger partial charge >= 0.3 is 5.97 Å². The van der Waals surface area contributed by atoms with Crippen LogP contribution in [0, 0.1) is 0 Å². The van der Waals surface area contributed by atoms with Crippen LogP contribution >= 0.6 is 15.9 Å². The van der Waals surface area contributed by atoms with E-state index in [0.29, 0.717) is 21.5 Å². The Morgan fingerprint density at radius 3 is 2.06 bits per heavy atom. The molecule has 0 atom stereocenters. The standard InChI is InChI=1S/C12H11BrO4/c1-4-16-9-6-8(12(14)15-3)7-10(11(9)13)17-5-2/h4-7H,1-2H2,3H3. The summed E-state index contributed by atoms with van der Waals surface area (Å²) >= 11 is 3.29. The minimum atomic E-state index is -0.486. The SMILES string of the molecule is C=COc1cc(C(=O)OC)cc(OC=C)c1Br. The number of carbonyl (C=O) groups is 1. The van der Waals surface area contributed by atoms with Crippen molar-refractivity contribution in [1.82, 2.24) is 0 Å². The van der Waals surface area contributed by atoms with Crippen LogP contribution in [0.15, 0.2) is 42.3 Å². The fraction of sp³-hybridized carbons (Fsp3) is 0.0833. The molecule has 4 nitrogen and oxygen atoms in total. The van der Waals surface area contributed by atoms with Gasteiger partial charge in [-0.15, -0.1) is 0 Å². The summed E-state index contributed by atoms with van der Waals surface area (Å²) in [4.78, 5) is 11.4. The van der Waals surface area contributed by atoms with Crippen molar-refractivity contribution < 1.29 is 19.0 Å². The Balaban J connectivity index is 3.29. The Labute approximate surface area is 108 Å². The van der Waals surface area contributed by atoms with Gasteiger partial charge in [0.1, 0.15) is 16.0 Å². The van der Waals surface area contributed by atoms with Gasteiger partial charge in [0.05, 0.1) is 25.2 Å². The second-order valence-electron chi connectivity index (χ2n) is 2.85. The molecule has 0 N–H and O–H groups in total. The fourth-order valence-electron chi connectivity index (χ4n) is 1.16. The normalized spacial score (nSPS) is 9.29. The van der Waals surface area contributed by atoms with Crippen LogP contribution in [0.3, 0.4) is 0 Å². The molecule has 0 bridgehead atoms. The van der Waals surface area contributed by atoms with Crippen LogP contribution in [0.1, 0.15) is 10.4 Å². The van der Waals surface area contributed by atoms with E-state index in [0.717, 1.165) is 0 Å². The van der Waals surface area contributed by atoms with Crippen LogP contribution in [0.2, 0.25) is 0 Å². The zero-order chi connectivity index (χ0) is 12.8. The van der Waals surface area contributed by atoms with Crippen molar-refractivity contribution in [1.29, 1.82) is 0 Å². The lowest BCUT2D eigenvalue weighted by atomic mass is 10.2. The van der Waals surface area contributed by atoms with Crippen LogP contribution in [0.25, 0.3) is 0 Å². The Hall–Kier alpha value is -1.75. The molecule has 0 saturated carbocycles. The summed E-state index contributed by atoms with van der Waals surface area (Å²) in [5.41, 5.74) is 0.310. The molecular formula is C12H11BrO4. The molecule has 1 aromatic rings. The first-order chi connectivity index (χ1) is 8.13. The van der Waals surface area contributed by atoms with E-state index in [1.807, 2.05) is 0 Å². The molecule has 1 rings (SSSR count). The molecule has 0 aliphatic carbocycles. The van der Waals surface area contributed by atoms with Crippen molar-refractivity contribution in [2.75, 3.05) is 7.11 Å². The summed E-state index contributed by atoms with van der Waals surface area (Å²) in [6, 6.07) is 3.04. The largest absolute Gasteiger partial charge is 0.465 e. The summed E-state index contributed by atoms with van der Waals surface area (Å²) in [6.07, 6.45) is 2.50. The molecule has 0 radical (unpaired) electrons. The van der Waals surface area contributed by atoms with E-state index in [4.69, 9.17) is 9.47 Å². The van der Waals surface area contributed by atoms with E-state index in [1.165, 1.54) is 31.8 Å². The average Bonchev–Trinajstić information content (AvgIpc) is 2.33. The van der Waals surface area contributed by atoms with Crippen LogP contribution in [-0.4, -0.2) is 13.1 Å². The first-order valence-electron chi connectivity index (χ1n) is 4.61. The molecule has 5 heteroatoms. The van der Waals surface area contributed by atoms with Crippen LogP contribution in [0.5, 0.6) is 11.5 Å². The third-order valence-electron chi connectivity index (χ3n) is 1.85. The zero-order valence-corrected chi connectivity index (χ0v) is 10.8. The average molecular weight is 299 g/mol. The van der Waals surface area contributed by atoms with Gasteiger partial charge in [-0.25, -0.2) is 4.79 Å². The molecule has 0 unspecified atom stereocenters. The Bertz CT molecular complexity index is 423. The summed E-state index contributed by atoms with van der Waals surface area (Å²) in [7, 11) is 1.30. The smallest absolute Gasteiger partial charge is 0.338 e. The van der Waals surface area contributed by atoms with Gasteiger partial charge in [0.15, 0.2) is 0 Å². The van der Waals surface area contributed by atoms with Gasteiger partial charge < -0.3 is 14.2 Å². The van der Waals surface area contributed by atoms with Gasteiger partial charge in [-0.1, -0.05) is 13.2 Å². The number of methoxy groups -OCH3 is 1. The maximum absolute atomic E-state index is 11.4. The highest BCUT2D eigenvalue weighted by Crippen LogP contribution is 2.36. The summed E-state index contributed by atoms with van der Waals surface area (Å²) in [5.74, 6) is 0.319. The number of hydrogen-bond acceptors (Lipinski definition) is 4. The summed E-state index contributed by atoms with van der Waals surface area (Å²) in [6.45, 7) is 6.89. The van der Waals surface area contributed by atoms with E-state index in [1.54, 1.807) is 0 Å². The predicted octanol–water partition coefficient (Wildman–Crippen LogP) is 3.28. The van der Waals surface area contributed by atoms with Crippen molar-refractivity contribution in [2.24, 2.45) is 0 Å². The number of ether oxygens (including phenoxy) is 3. The molecule has 0 amide bonds. The van der Waals surface area contributed by atoms with Crippen molar-refractivity contribution in [3.05, 3.63) is 47.9 Å². The second-order valence-corrected chi connectivity index (χ2v) is 3.64. The molecule has 1 aromatic carbocycles. The number of hydrogen-bond donors (Lipinski definition) is 0. The molecule has 0 fully saturated rings. The van der Waals surface area contributed by atoms with Gasteiger partial charge in [-0.05, 0) is 28.1 Å². The van der Waals surface area contributed by atoms with Gasteiger partial charge in [0, 0.05) is 0 Å². The highest BCUT2D eigenvalue weighted by atomic mass is 79.9. The van der Waals surface area contributed by atoms with E-state index in [-0.39, 0.29) is 0 Å². The minimum Gasteiger partial charge on any atom is -0.465 e. The van der Waals surface area contributed by atoms with Crippen molar-refractivity contribution >= 4 is 21.9 Å².